The highest BCUT2D eigenvalue weighted by Gasteiger charge is 2.38. The molecule has 22 heteroatoms. The number of nitrogens with zero attached hydrogens (tertiary/aromatic N) is 3. The van der Waals surface area contributed by atoms with Gasteiger partial charge < -0.3 is 41.6 Å². The highest BCUT2D eigenvalue weighted by molar-refractivity contribution is 6.13. The van der Waals surface area contributed by atoms with E-state index in [4.69, 9.17) is 4.84 Å². The molecule has 22 nitrogen and oxygen atoms in total. The summed E-state index contributed by atoms with van der Waals surface area (Å²) in [6, 6.07) is -4.28. The molecule has 0 radical (unpaired) electrons. The van der Waals surface area contributed by atoms with Gasteiger partial charge in [-0.3, -0.25) is 57.6 Å². The molecule has 2 saturated heterocycles. The Kier molecular flexibility index (Phi) is 18.5. The molecule has 3 aliphatic heterocycles. The summed E-state index contributed by atoms with van der Waals surface area (Å²) in [5, 5.41) is 15.5. The van der Waals surface area contributed by atoms with Crippen LogP contribution < -0.4 is 31.9 Å². The molecule has 4 aliphatic rings. The normalized spacial score (nSPS) is 21.1. The topological polar surface area (TPSA) is 296 Å². The molecule has 64 heavy (non-hydrogen) atoms. The van der Waals surface area contributed by atoms with Crippen LogP contribution in [0.1, 0.15) is 98.8 Å². The maximum Gasteiger partial charge on any atom is 0.352 e. The minimum absolute atomic E-state index is 0.0684. The van der Waals surface area contributed by atoms with Crippen LogP contribution in [0.2, 0.25) is 0 Å². The first-order valence-corrected chi connectivity index (χ1v) is 21.9. The van der Waals surface area contributed by atoms with Crippen LogP contribution >= 0.6 is 0 Å². The first-order valence-electron chi connectivity index (χ1n) is 21.9. The predicted octanol–water partition coefficient (Wildman–Crippen LogP) is -1.77. The Balaban J connectivity index is 1.22. The van der Waals surface area contributed by atoms with Crippen molar-refractivity contribution in [3.05, 3.63) is 12.2 Å². The minimum atomic E-state index is -1.18. The van der Waals surface area contributed by atoms with Crippen molar-refractivity contribution in [2.24, 2.45) is 23.7 Å². The maximum atomic E-state index is 13.6. The van der Waals surface area contributed by atoms with E-state index in [1.165, 1.54) is 28.9 Å². The Hall–Kier alpha value is -6.22. The molecule has 0 spiro atoms. The predicted molar refractivity (Wildman–Crippen MR) is 223 cm³/mol. The van der Waals surface area contributed by atoms with Crippen LogP contribution in [0.3, 0.4) is 0 Å². The van der Waals surface area contributed by atoms with Crippen molar-refractivity contribution in [2.75, 3.05) is 32.7 Å². The third-order valence-corrected chi connectivity index (χ3v) is 11.3. The summed E-state index contributed by atoms with van der Waals surface area (Å²) in [7, 11) is 0. The molecule has 0 aromatic heterocycles. The number of carbonyl (C=O) groups is 12. The number of rotatable bonds is 21. The Labute approximate surface area is 371 Å². The van der Waals surface area contributed by atoms with E-state index >= 15 is 0 Å². The largest absolute Gasteiger partial charge is 0.352 e. The standard InChI is InChI=1S/C42H61N9O13/c1-23(2)17-28(48-42(63)30-7-6-16-49(30)36(57)20-44-39(60)27-10-8-26(9-11-27)22-50-32(53)12-13-33(50)54)40(61)43-19-31(52)47-29(18-24(3)4)41(62)46-25(5)38(59)45-21-37(58)64-51-34(55)14-15-35(51)56/h12-13,23-30H,6-11,14-22H2,1-5H3,(H,43,61)(H,44,60)(H,45,59)(H,46,62)(H,47,52)(H,48,63)/t25-,26?,27?,28-,29-,30-/m0/s1. The summed E-state index contributed by atoms with van der Waals surface area (Å²) >= 11 is 0. The van der Waals surface area contributed by atoms with E-state index in [2.05, 4.69) is 31.9 Å². The molecule has 4 atom stereocenters. The van der Waals surface area contributed by atoms with Crippen molar-refractivity contribution < 1.29 is 62.4 Å². The number of imide groups is 2. The van der Waals surface area contributed by atoms with Crippen LogP contribution in [-0.2, 0) is 62.4 Å². The van der Waals surface area contributed by atoms with Gasteiger partial charge in [0.1, 0.15) is 30.7 Å². The maximum absolute atomic E-state index is 13.6. The monoisotopic (exact) mass is 899 g/mol. The molecular weight excluding hydrogens is 839 g/mol. The summed E-state index contributed by atoms with van der Waals surface area (Å²) in [6.45, 7) is 7.63. The number of carbonyl (C=O) groups excluding carboxylic acids is 12. The summed E-state index contributed by atoms with van der Waals surface area (Å²) < 4.78 is 0. The van der Waals surface area contributed by atoms with Gasteiger partial charge in [-0.25, -0.2) is 4.79 Å². The fourth-order valence-electron chi connectivity index (χ4n) is 7.92. The van der Waals surface area contributed by atoms with E-state index in [0.717, 1.165) is 0 Å². The lowest BCUT2D eigenvalue weighted by atomic mass is 9.81. The van der Waals surface area contributed by atoms with Gasteiger partial charge in [-0.05, 0) is 76.0 Å². The smallest absolute Gasteiger partial charge is 0.347 e. The summed E-state index contributed by atoms with van der Waals surface area (Å²) in [4.78, 5) is 159. The van der Waals surface area contributed by atoms with Crippen LogP contribution in [0.5, 0.6) is 0 Å². The summed E-state index contributed by atoms with van der Waals surface area (Å²) in [5.74, 6) is -7.76. The number of hydrogen-bond acceptors (Lipinski definition) is 13. The molecule has 1 aliphatic carbocycles. The first-order chi connectivity index (χ1) is 30.2. The first kappa shape index (κ1) is 50.4. The zero-order valence-electron chi connectivity index (χ0n) is 37.0. The van der Waals surface area contributed by atoms with E-state index in [0.29, 0.717) is 50.1 Å². The molecule has 4 rings (SSSR count). The number of hydroxylamine groups is 2. The lowest BCUT2D eigenvalue weighted by Crippen LogP contribution is -2.56. The fourth-order valence-corrected chi connectivity index (χ4v) is 7.92. The van der Waals surface area contributed by atoms with E-state index in [-0.39, 0.29) is 80.2 Å². The SMILES string of the molecule is CC(C)C[C@H](NC(=O)CNC(=O)[C@H](CC(C)C)NC(=O)[C@@H]1CCCN1C(=O)CNC(=O)C1CCC(CN2C(=O)C=CC2=O)CC1)C(=O)N[C@@H](C)C(=O)NCC(=O)ON1C(=O)CCC1=O. The number of nitrogens with one attached hydrogen (secondary N) is 6. The molecule has 1 saturated carbocycles. The van der Waals surface area contributed by atoms with E-state index in [9.17, 15) is 57.5 Å². The molecule has 6 N–H and O–H groups in total. The van der Waals surface area contributed by atoms with Crippen molar-refractivity contribution in [1.29, 1.82) is 0 Å². The Morgan fingerprint density at radius 2 is 1.23 bits per heavy atom. The van der Waals surface area contributed by atoms with Crippen molar-refractivity contribution in [1.82, 2.24) is 46.8 Å². The van der Waals surface area contributed by atoms with Crippen LogP contribution in [0, 0.1) is 23.7 Å². The Bertz CT molecular complexity index is 1840. The van der Waals surface area contributed by atoms with Gasteiger partial charge in [0.2, 0.25) is 41.4 Å². The van der Waals surface area contributed by atoms with Crippen LogP contribution in [-0.4, -0.2) is 143 Å². The number of amides is 11. The molecule has 0 bridgehead atoms. The number of hydrogen-bond donors (Lipinski definition) is 6. The zero-order valence-corrected chi connectivity index (χ0v) is 37.0. The van der Waals surface area contributed by atoms with E-state index in [1.807, 2.05) is 13.8 Å². The second kappa shape index (κ2) is 23.5. The lowest BCUT2D eigenvalue weighted by molar-refractivity contribution is -0.196. The lowest BCUT2D eigenvalue weighted by Gasteiger charge is -2.30. The molecule has 0 aromatic carbocycles. The van der Waals surface area contributed by atoms with E-state index in [1.54, 1.807) is 13.8 Å². The average molecular weight is 900 g/mol. The van der Waals surface area contributed by atoms with Gasteiger partial charge in [-0.15, -0.1) is 5.06 Å². The van der Waals surface area contributed by atoms with Crippen LogP contribution in [0.15, 0.2) is 12.2 Å². The van der Waals surface area contributed by atoms with Crippen molar-refractivity contribution in [3.63, 3.8) is 0 Å². The summed E-state index contributed by atoms with van der Waals surface area (Å²) in [5.41, 5.74) is 0. The molecule has 11 amide bonds. The van der Waals surface area contributed by atoms with Crippen LogP contribution in [0.4, 0.5) is 0 Å². The quantitative estimate of drug-likeness (QED) is 0.0697. The second-order valence-corrected chi connectivity index (χ2v) is 17.5. The zero-order chi connectivity index (χ0) is 47.2. The van der Waals surface area contributed by atoms with Crippen molar-refractivity contribution in [2.45, 2.75) is 123 Å². The Morgan fingerprint density at radius 3 is 1.83 bits per heavy atom. The summed E-state index contributed by atoms with van der Waals surface area (Å²) in [6.07, 6.45) is 5.86. The molecule has 3 fully saturated rings. The molecule has 0 unspecified atom stereocenters. The van der Waals surface area contributed by atoms with E-state index < -0.39 is 90.5 Å². The van der Waals surface area contributed by atoms with Gasteiger partial charge in [0.15, 0.2) is 0 Å². The highest BCUT2D eigenvalue weighted by atomic mass is 16.7. The molecular formula is C42H61N9O13. The number of likely N-dealkylation sites (tertiary alicyclic amines) is 1. The third-order valence-electron chi connectivity index (χ3n) is 11.3. The van der Waals surface area contributed by atoms with Crippen LogP contribution in [0.25, 0.3) is 0 Å². The highest BCUT2D eigenvalue weighted by Crippen LogP contribution is 2.30. The molecule has 0 aromatic rings. The van der Waals surface area contributed by atoms with Gasteiger partial charge >= 0.3 is 5.97 Å². The average Bonchev–Trinajstić information content (AvgIpc) is 3.95. The van der Waals surface area contributed by atoms with Gasteiger partial charge in [-0.1, -0.05) is 27.7 Å². The van der Waals surface area contributed by atoms with Gasteiger partial charge in [0.05, 0.1) is 13.1 Å². The van der Waals surface area contributed by atoms with Gasteiger partial charge in [-0.2, -0.15) is 0 Å². The fraction of sp³-hybridized carbons (Fsp3) is 0.667. The molecule has 3 heterocycles. The van der Waals surface area contributed by atoms with Crippen molar-refractivity contribution in [3.8, 4) is 0 Å². The molecule has 352 valence electrons. The Morgan fingerprint density at radius 1 is 0.656 bits per heavy atom. The third kappa shape index (κ3) is 14.7. The van der Waals surface area contributed by atoms with Gasteiger partial charge in [0.25, 0.3) is 23.6 Å². The second-order valence-electron chi connectivity index (χ2n) is 17.5. The van der Waals surface area contributed by atoms with Crippen molar-refractivity contribution >= 4 is 70.9 Å². The van der Waals surface area contributed by atoms with Gasteiger partial charge in [0, 0.05) is 44.0 Å². The minimum Gasteiger partial charge on any atom is -0.347 e.